The molecule has 2 aliphatic heterocycles. The molecule has 2 saturated heterocycles. The summed E-state index contributed by atoms with van der Waals surface area (Å²) < 4.78 is 5.22. The molecule has 1 aromatic carbocycles. The van der Waals surface area contributed by atoms with Gasteiger partial charge in [-0.25, -0.2) is 5.06 Å². The third kappa shape index (κ3) is 1.94. The van der Waals surface area contributed by atoms with Gasteiger partial charge in [-0.1, -0.05) is 30.3 Å². The lowest BCUT2D eigenvalue weighted by Gasteiger charge is -2.31. The van der Waals surface area contributed by atoms with E-state index in [-0.39, 0.29) is 18.1 Å². The molecule has 2 aliphatic rings. The molecule has 1 aromatic rings. The van der Waals surface area contributed by atoms with Crippen LogP contribution < -0.4 is 0 Å². The number of ether oxygens (including phenoxy) is 1. The summed E-state index contributed by atoms with van der Waals surface area (Å²) in [7, 11) is 0. The first kappa shape index (κ1) is 10.7. The number of carbonyl (C=O) groups excluding carboxylic acids is 1. The van der Waals surface area contributed by atoms with Gasteiger partial charge >= 0.3 is 0 Å². The number of hydroxylamine groups is 2. The zero-order valence-corrected chi connectivity index (χ0v) is 9.54. The van der Waals surface area contributed by atoms with Gasteiger partial charge in [-0.3, -0.25) is 9.63 Å². The summed E-state index contributed by atoms with van der Waals surface area (Å²) in [6.45, 7) is 1.28. The molecule has 0 spiro atoms. The van der Waals surface area contributed by atoms with E-state index in [2.05, 4.69) is 0 Å². The molecule has 2 atom stereocenters. The molecule has 0 unspecified atom stereocenters. The van der Waals surface area contributed by atoms with E-state index in [0.29, 0.717) is 13.2 Å². The third-order valence-electron chi connectivity index (χ3n) is 3.28. The summed E-state index contributed by atoms with van der Waals surface area (Å²) in [5, 5.41) is 1.50. The first-order chi connectivity index (χ1) is 8.36. The molecule has 0 aromatic heterocycles. The smallest absolute Gasteiger partial charge is 0.275 e. The Bertz CT molecular complexity index is 402. The number of benzene rings is 1. The van der Waals surface area contributed by atoms with Crippen LogP contribution in [-0.2, 0) is 14.4 Å². The summed E-state index contributed by atoms with van der Waals surface area (Å²) >= 11 is 0. The minimum atomic E-state index is -0.292. The Labute approximate surface area is 100 Å². The number of amides is 1. The number of carbonyl (C=O) groups is 1. The molecule has 0 N–H and O–H groups in total. The lowest BCUT2D eigenvalue weighted by Crippen LogP contribution is -2.44. The highest BCUT2D eigenvalue weighted by molar-refractivity contribution is 5.81. The highest BCUT2D eigenvalue weighted by atomic mass is 16.7. The first-order valence-corrected chi connectivity index (χ1v) is 5.99. The van der Waals surface area contributed by atoms with Gasteiger partial charge in [-0.05, 0) is 5.56 Å². The van der Waals surface area contributed by atoms with E-state index in [1.165, 1.54) is 5.06 Å². The van der Waals surface area contributed by atoms with E-state index < -0.39 is 0 Å². The van der Waals surface area contributed by atoms with Crippen molar-refractivity contribution >= 4 is 5.91 Å². The van der Waals surface area contributed by atoms with E-state index >= 15 is 0 Å². The van der Waals surface area contributed by atoms with Crippen molar-refractivity contribution in [1.29, 1.82) is 0 Å². The van der Waals surface area contributed by atoms with Gasteiger partial charge in [-0.15, -0.1) is 0 Å². The largest absolute Gasteiger partial charge is 0.368 e. The molecule has 2 heterocycles. The molecule has 0 bridgehead atoms. The minimum absolute atomic E-state index is 0.0351. The summed E-state index contributed by atoms with van der Waals surface area (Å²) in [5.74, 6) is -0.0393. The van der Waals surface area contributed by atoms with Gasteiger partial charge in [0.2, 0.25) is 0 Å². The Morgan fingerprint density at radius 2 is 1.94 bits per heavy atom. The fraction of sp³-hybridized carbons (Fsp3) is 0.462. The van der Waals surface area contributed by atoms with E-state index in [1.54, 1.807) is 0 Å². The van der Waals surface area contributed by atoms with Crippen molar-refractivity contribution in [3.63, 3.8) is 0 Å². The highest BCUT2D eigenvalue weighted by Gasteiger charge is 2.38. The molecule has 0 aliphatic carbocycles. The van der Waals surface area contributed by atoms with E-state index in [0.717, 1.165) is 18.4 Å². The van der Waals surface area contributed by atoms with Gasteiger partial charge < -0.3 is 4.74 Å². The zero-order chi connectivity index (χ0) is 11.7. The molecule has 90 valence electrons. The predicted molar refractivity (Wildman–Crippen MR) is 61.0 cm³/mol. The fourth-order valence-electron chi connectivity index (χ4n) is 2.24. The number of rotatable bonds is 2. The topological polar surface area (TPSA) is 38.8 Å². The first-order valence-electron chi connectivity index (χ1n) is 5.99. The molecule has 1 amide bonds. The van der Waals surface area contributed by atoms with E-state index in [4.69, 9.17) is 9.57 Å². The maximum absolute atomic E-state index is 12.1. The second kappa shape index (κ2) is 4.47. The Kier molecular flexibility index (Phi) is 2.82. The van der Waals surface area contributed by atoms with E-state index in [1.807, 2.05) is 30.3 Å². The van der Waals surface area contributed by atoms with Crippen molar-refractivity contribution in [3.8, 4) is 0 Å². The van der Waals surface area contributed by atoms with Crippen LogP contribution in [0.1, 0.15) is 24.4 Å². The summed E-state index contributed by atoms with van der Waals surface area (Å²) in [4.78, 5) is 17.5. The second-order valence-corrected chi connectivity index (χ2v) is 4.36. The van der Waals surface area contributed by atoms with Crippen molar-refractivity contribution in [2.24, 2.45) is 0 Å². The molecule has 4 nitrogen and oxygen atoms in total. The van der Waals surface area contributed by atoms with Crippen LogP contribution in [0.15, 0.2) is 30.3 Å². The predicted octanol–water partition coefficient (Wildman–Crippen LogP) is 1.68. The summed E-state index contributed by atoms with van der Waals surface area (Å²) in [6, 6.07) is 10.0. The summed E-state index contributed by atoms with van der Waals surface area (Å²) in [5.41, 5.74) is 1.12. The fourth-order valence-corrected chi connectivity index (χ4v) is 2.24. The van der Waals surface area contributed by atoms with Gasteiger partial charge in [0.15, 0.2) is 0 Å². The minimum Gasteiger partial charge on any atom is -0.368 e. The average molecular weight is 233 g/mol. The number of hydrogen-bond donors (Lipinski definition) is 0. The van der Waals surface area contributed by atoms with Crippen LogP contribution in [0.25, 0.3) is 0 Å². The quantitative estimate of drug-likeness (QED) is 0.780. The van der Waals surface area contributed by atoms with Crippen molar-refractivity contribution in [1.82, 2.24) is 5.06 Å². The molecule has 0 saturated carbocycles. The van der Waals surface area contributed by atoms with Crippen LogP contribution in [-0.4, -0.2) is 30.3 Å². The Morgan fingerprint density at radius 3 is 2.59 bits per heavy atom. The Balaban J connectivity index is 1.77. The highest BCUT2D eigenvalue weighted by Crippen LogP contribution is 2.32. The zero-order valence-electron chi connectivity index (χ0n) is 9.54. The van der Waals surface area contributed by atoms with Gasteiger partial charge in [0.25, 0.3) is 5.91 Å². The van der Waals surface area contributed by atoms with Crippen LogP contribution in [0.3, 0.4) is 0 Å². The maximum atomic E-state index is 12.1. The molecular formula is C13H15NO3. The molecule has 17 heavy (non-hydrogen) atoms. The monoisotopic (exact) mass is 233 g/mol. The molecule has 4 heteroatoms. The van der Waals surface area contributed by atoms with E-state index in [9.17, 15) is 4.79 Å². The number of hydrogen-bond acceptors (Lipinski definition) is 3. The lowest BCUT2D eigenvalue weighted by molar-refractivity contribution is -0.198. The lowest BCUT2D eigenvalue weighted by atomic mass is 10.0. The van der Waals surface area contributed by atoms with Gasteiger partial charge in [-0.2, -0.15) is 0 Å². The van der Waals surface area contributed by atoms with Crippen LogP contribution in [0.4, 0.5) is 0 Å². The van der Waals surface area contributed by atoms with Gasteiger partial charge in [0.1, 0.15) is 6.10 Å². The standard InChI is InChI=1S/C13H15NO3/c15-13(12-7-8-16-12)14-11(6-9-17-14)10-4-2-1-3-5-10/h1-5,11-12H,6-9H2/t11-,12+/m0/s1. The molecular weight excluding hydrogens is 218 g/mol. The van der Waals surface area contributed by atoms with Crippen molar-refractivity contribution in [2.75, 3.05) is 13.2 Å². The van der Waals surface area contributed by atoms with Crippen molar-refractivity contribution in [3.05, 3.63) is 35.9 Å². The van der Waals surface area contributed by atoms with Crippen LogP contribution in [0.5, 0.6) is 0 Å². The summed E-state index contributed by atoms with van der Waals surface area (Å²) in [6.07, 6.45) is 1.36. The average Bonchev–Trinajstić information content (AvgIpc) is 2.76. The van der Waals surface area contributed by atoms with Crippen molar-refractivity contribution in [2.45, 2.75) is 25.0 Å². The third-order valence-corrected chi connectivity index (χ3v) is 3.28. The van der Waals surface area contributed by atoms with Crippen LogP contribution >= 0.6 is 0 Å². The van der Waals surface area contributed by atoms with Crippen LogP contribution in [0.2, 0.25) is 0 Å². The Hall–Kier alpha value is -1.39. The van der Waals surface area contributed by atoms with Crippen LogP contribution in [0, 0.1) is 0 Å². The Morgan fingerprint density at radius 1 is 1.18 bits per heavy atom. The molecule has 2 fully saturated rings. The van der Waals surface area contributed by atoms with Gasteiger partial charge in [0.05, 0.1) is 19.3 Å². The second-order valence-electron chi connectivity index (χ2n) is 4.36. The maximum Gasteiger partial charge on any atom is 0.275 e. The number of nitrogens with zero attached hydrogens (tertiary/aromatic N) is 1. The SMILES string of the molecule is O=C([C@H]1CCO1)N1OCC[C@H]1c1ccccc1. The van der Waals surface area contributed by atoms with Gasteiger partial charge in [0, 0.05) is 12.8 Å². The molecule has 0 radical (unpaired) electrons. The van der Waals surface area contributed by atoms with Crippen molar-refractivity contribution < 1.29 is 14.4 Å². The normalized spacial score (nSPS) is 27.9. The molecule has 3 rings (SSSR count).